The molecule has 4 nitrogen and oxygen atoms in total. The topological polar surface area (TPSA) is 58.4 Å². The van der Waals surface area contributed by atoms with Crippen molar-refractivity contribution in [2.24, 2.45) is 5.73 Å². The Kier molecular flexibility index (Phi) is 4.73. The van der Waals surface area contributed by atoms with Gasteiger partial charge in [0.15, 0.2) is 0 Å². The number of hydrogen-bond donors (Lipinski definition) is 2. The number of hydrogen-bond acceptors (Lipinski definition) is 3. The first-order chi connectivity index (χ1) is 8.78. The van der Waals surface area contributed by atoms with Gasteiger partial charge >= 0.3 is 0 Å². The summed E-state index contributed by atoms with van der Waals surface area (Å²) in [5.74, 6) is -0.0449. The number of nitrogens with one attached hydrogen (secondary N) is 1. The average molecular weight is 247 g/mol. The number of carbonyl (C=O) groups is 1. The largest absolute Gasteiger partial charge is 0.352 e. The molecule has 1 aliphatic heterocycles. The second-order valence-electron chi connectivity index (χ2n) is 4.81. The zero-order chi connectivity index (χ0) is 12.8. The Morgan fingerprint density at radius 2 is 1.94 bits per heavy atom. The molecular formula is C14H21N3O. The summed E-state index contributed by atoms with van der Waals surface area (Å²) in [5.41, 5.74) is 6.65. The van der Waals surface area contributed by atoms with Crippen LogP contribution in [0.4, 0.5) is 0 Å². The fourth-order valence-electron chi connectivity index (χ4n) is 2.36. The molecule has 0 radical (unpaired) electrons. The third kappa shape index (κ3) is 3.82. The lowest BCUT2D eigenvalue weighted by atomic mass is 10.0. The molecule has 4 heteroatoms. The van der Waals surface area contributed by atoms with Crippen LogP contribution >= 0.6 is 0 Å². The third-order valence-corrected chi connectivity index (χ3v) is 3.39. The second kappa shape index (κ2) is 6.52. The predicted molar refractivity (Wildman–Crippen MR) is 71.9 cm³/mol. The minimum absolute atomic E-state index is 0.0449. The van der Waals surface area contributed by atoms with Crippen molar-refractivity contribution in [2.75, 3.05) is 19.6 Å². The normalized spacial score (nSPS) is 17.6. The highest BCUT2D eigenvalue weighted by atomic mass is 16.1. The number of carbonyl (C=O) groups excluding carboxylic acids is 1. The standard InChI is InChI=1S/C14H21N3O/c15-10-14(18)16-13-6-8-17(9-7-13)11-12-4-2-1-3-5-12/h1-5,13H,6-11,15H2,(H,16,18). The van der Waals surface area contributed by atoms with Crippen LogP contribution in [0.3, 0.4) is 0 Å². The average Bonchev–Trinajstić information content (AvgIpc) is 2.42. The van der Waals surface area contributed by atoms with Crippen molar-refractivity contribution in [1.82, 2.24) is 10.2 Å². The van der Waals surface area contributed by atoms with Crippen molar-refractivity contribution in [1.29, 1.82) is 0 Å². The first-order valence-corrected chi connectivity index (χ1v) is 6.53. The number of nitrogens with zero attached hydrogens (tertiary/aromatic N) is 1. The van der Waals surface area contributed by atoms with Gasteiger partial charge in [0.05, 0.1) is 6.54 Å². The van der Waals surface area contributed by atoms with Crippen molar-refractivity contribution in [3.8, 4) is 0 Å². The SMILES string of the molecule is NCC(=O)NC1CCN(Cc2ccccc2)CC1. The first-order valence-electron chi connectivity index (χ1n) is 6.53. The van der Waals surface area contributed by atoms with E-state index in [2.05, 4.69) is 34.5 Å². The molecule has 0 aromatic heterocycles. The molecule has 0 spiro atoms. The van der Waals surface area contributed by atoms with Crippen molar-refractivity contribution in [3.63, 3.8) is 0 Å². The molecule has 0 unspecified atom stereocenters. The van der Waals surface area contributed by atoms with Crippen molar-refractivity contribution < 1.29 is 4.79 Å². The summed E-state index contributed by atoms with van der Waals surface area (Å²) in [6, 6.07) is 10.8. The lowest BCUT2D eigenvalue weighted by molar-refractivity contribution is -0.120. The molecule has 98 valence electrons. The Bertz CT molecular complexity index is 372. The fourth-order valence-corrected chi connectivity index (χ4v) is 2.36. The molecule has 0 bridgehead atoms. The van der Waals surface area contributed by atoms with Crippen LogP contribution in [-0.2, 0) is 11.3 Å². The van der Waals surface area contributed by atoms with E-state index in [4.69, 9.17) is 5.73 Å². The van der Waals surface area contributed by atoms with Gasteiger partial charge in [-0.15, -0.1) is 0 Å². The molecule has 1 heterocycles. The highest BCUT2D eigenvalue weighted by Crippen LogP contribution is 2.13. The lowest BCUT2D eigenvalue weighted by Crippen LogP contribution is -2.46. The molecule has 1 fully saturated rings. The van der Waals surface area contributed by atoms with E-state index < -0.39 is 0 Å². The lowest BCUT2D eigenvalue weighted by Gasteiger charge is -2.32. The summed E-state index contributed by atoms with van der Waals surface area (Å²) in [6.45, 7) is 3.15. The number of likely N-dealkylation sites (tertiary alicyclic amines) is 1. The van der Waals surface area contributed by atoms with Gasteiger partial charge in [0, 0.05) is 25.7 Å². The van der Waals surface area contributed by atoms with Gasteiger partial charge in [0.2, 0.25) is 5.91 Å². The molecule has 2 rings (SSSR count). The maximum atomic E-state index is 11.2. The summed E-state index contributed by atoms with van der Waals surface area (Å²) < 4.78 is 0. The first kappa shape index (κ1) is 13.1. The summed E-state index contributed by atoms with van der Waals surface area (Å²) in [4.78, 5) is 13.6. The van der Waals surface area contributed by atoms with Crippen LogP contribution in [0, 0.1) is 0 Å². The molecule has 1 aromatic rings. The van der Waals surface area contributed by atoms with Gasteiger partial charge in [-0.2, -0.15) is 0 Å². The smallest absolute Gasteiger partial charge is 0.233 e. The summed E-state index contributed by atoms with van der Waals surface area (Å²) in [6.07, 6.45) is 2.02. The Balaban J connectivity index is 1.75. The minimum Gasteiger partial charge on any atom is -0.352 e. The molecule has 1 aromatic carbocycles. The van der Waals surface area contributed by atoms with E-state index in [0.29, 0.717) is 6.04 Å². The number of benzene rings is 1. The monoisotopic (exact) mass is 247 g/mol. The van der Waals surface area contributed by atoms with Gasteiger partial charge in [-0.1, -0.05) is 30.3 Å². The van der Waals surface area contributed by atoms with E-state index in [1.54, 1.807) is 0 Å². The van der Waals surface area contributed by atoms with E-state index in [1.165, 1.54) is 5.56 Å². The maximum Gasteiger partial charge on any atom is 0.233 e. The highest BCUT2D eigenvalue weighted by Gasteiger charge is 2.19. The Hall–Kier alpha value is -1.39. The number of nitrogens with two attached hydrogens (primary N) is 1. The zero-order valence-electron chi connectivity index (χ0n) is 10.6. The van der Waals surface area contributed by atoms with Crippen LogP contribution in [0.1, 0.15) is 18.4 Å². The van der Waals surface area contributed by atoms with Gasteiger partial charge in [-0.3, -0.25) is 9.69 Å². The summed E-state index contributed by atoms with van der Waals surface area (Å²) in [7, 11) is 0. The third-order valence-electron chi connectivity index (χ3n) is 3.39. The van der Waals surface area contributed by atoms with E-state index in [9.17, 15) is 4.79 Å². The predicted octanol–water partition coefficient (Wildman–Crippen LogP) is 0.726. The number of piperidine rings is 1. The Labute approximate surface area is 108 Å². The van der Waals surface area contributed by atoms with E-state index in [1.807, 2.05) is 6.07 Å². The van der Waals surface area contributed by atoms with Crippen LogP contribution in [0.15, 0.2) is 30.3 Å². The van der Waals surface area contributed by atoms with Crippen molar-refractivity contribution in [2.45, 2.75) is 25.4 Å². The van der Waals surface area contributed by atoms with Crippen LogP contribution in [-0.4, -0.2) is 36.5 Å². The van der Waals surface area contributed by atoms with Gasteiger partial charge in [0.1, 0.15) is 0 Å². The minimum atomic E-state index is -0.0449. The van der Waals surface area contributed by atoms with E-state index >= 15 is 0 Å². The molecule has 1 aliphatic rings. The number of amides is 1. The van der Waals surface area contributed by atoms with E-state index in [-0.39, 0.29) is 12.5 Å². The molecule has 1 amide bonds. The molecule has 0 saturated carbocycles. The Morgan fingerprint density at radius 1 is 1.28 bits per heavy atom. The summed E-state index contributed by atoms with van der Waals surface area (Å²) in [5, 5.41) is 2.96. The van der Waals surface area contributed by atoms with Crippen LogP contribution in [0.25, 0.3) is 0 Å². The van der Waals surface area contributed by atoms with Gasteiger partial charge in [0.25, 0.3) is 0 Å². The Morgan fingerprint density at radius 3 is 2.56 bits per heavy atom. The molecule has 1 saturated heterocycles. The van der Waals surface area contributed by atoms with Gasteiger partial charge in [-0.25, -0.2) is 0 Å². The molecular weight excluding hydrogens is 226 g/mol. The molecule has 3 N–H and O–H groups in total. The maximum absolute atomic E-state index is 11.2. The van der Waals surface area contributed by atoms with Gasteiger partial charge in [-0.05, 0) is 18.4 Å². The van der Waals surface area contributed by atoms with Crippen molar-refractivity contribution >= 4 is 5.91 Å². The van der Waals surface area contributed by atoms with Crippen LogP contribution < -0.4 is 11.1 Å². The quantitative estimate of drug-likeness (QED) is 0.824. The fraction of sp³-hybridized carbons (Fsp3) is 0.500. The van der Waals surface area contributed by atoms with Crippen molar-refractivity contribution in [3.05, 3.63) is 35.9 Å². The highest BCUT2D eigenvalue weighted by molar-refractivity contribution is 5.78. The molecule has 0 aliphatic carbocycles. The summed E-state index contributed by atoms with van der Waals surface area (Å²) >= 11 is 0. The molecule has 0 atom stereocenters. The van der Waals surface area contributed by atoms with Crippen LogP contribution in [0.5, 0.6) is 0 Å². The second-order valence-corrected chi connectivity index (χ2v) is 4.81. The van der Waals surface area contributed by atoms with Crippen LogP contribution in [0.2, 0.25) is 0 Å². The number of rotatable bonds is 4. The van der Waals surface area contributed by atoms with Gasteiger partial charge < -0.3 is 11.1 Å². The molecule has 18 heavy (non-hydrogen) atoms. The van der Waals surface area contributed by atoms with E-state index in [0.717, 1.165) is 32.5 Å². The zero-order valence-corrected chi connectivity index (χ0v) is 10.6.